The van der Waals surface area contributed by atoms with Crippen molar-refractivity contribution in [1.29, 1.82) is 0 Å². The fourth-order valence-corrected chi connectivity index (χ4v) is 3.02. The van der Waals surface area contributed by atoms with Gasteiger partial charge in [0.2, 0.25) is 10.0 Å². The molecular weight excluding hydrogens is 255 g/mol. The molecule has 0 aliphatic rings. The highest BCUT2D eigenvalue weighted by Crippen LogP contribution is 2.22. The van der Waals surface area contributed by atoms with Crippen molar-refractivity contribution in [2.24, 2.45) is 5.92 Å². The number of nitrogens with zero attached hydrogens (tertiary/aromatic N) is 1. The van der Waals surface area contributed by atoms with Gasteiger partial charge in [0, 0.05) is 13.1 Å². The van der Waals surface area contributed by atoms with Crippen LogP contribution in [0.1, 0.15) is 20.8 Å². The molecule has 0 saturated carbocycles. The maximum Gasteiger partial charge on any atom is 0.243 e. The van der Waals surface area contributed by atoms with E-state index in [2.05, 4.69) is 0 Å². The number of hydrogen-bond acceptors (Lipinski definition) is 3. The minimum absolute atomic E-state index is 0.0106. The van der Waals surface area contributed by atoms with Crippen molar-refractivity contribution in [3.63, 3.8) is 0 Å². The first-order chi connectivity index (χ1) is 8.17. The molecule has 0 amide bonds. The average molecular weight is 274 g/mol. The molecule has 0 radical (unpaired) electrons. The van der Waals surface area contributed by atoms with Crippen LogP contribution in [-0.2, 0) is 10.0 Å². The van der Waals surface area contributed by atoms with E-state index in [4.69, 9.17) is 5.73 Å². The summed E-state index contributed by atoms with van der Waals surface area (Å²) in [4.78, 5) is 0.0106. The third-order valence-corrected chi connectivity index (χ3v) is 5.12. The van der Waals surface area contributed by atoms with E-state index >= 15 is 0 Å². The summed E-state index contributed by atoms with van der Waals surface area (Å²) in [5.41, 5.74) is 5.23. The number of halogens is 1. The topological polar surface area (TPSA) is 63.4 Å². The molecule has 4 nitrogen and oxygen atoms in total. The lowest BCUT2D eigenvalue weighted by Crippen LogP contribution is -2.38. The quantitative estimate of drug-likeness (QED) is 0.855. The summed E-state index contributed by atoms with van der Waals surface area (Å²) < 4.78 is 38.9. The second kappa shape index (κ2) is 5.24. The molecule has 0 aliphatic heterocycles. The van der Waals surface area contributed by atoms with Gasteiger partial charge in [-0.05, 0) is 31.0 Å². The second-order valence-corrected chi connectivity index (χ2v) is 6.69. The highest BCUT2D eigenvalue weighted by molar-refractivity contribution is 7.89. The van der Waals surface area contributed by atoms with Gasteiger partial charge >= 0.3 is 0 Å². The summed E-state index contributed by atoms with van der Waals surface area (Å²) in [5.74, 6) is -0.434. The molecule has 1 unspecified atom stereocenters. The van der Waals surface area contributed by atoms with Gasteiger partial charge in [0.1, 0.15) is 5.82 Å². The molecule has 0 fully saturated rings. The Labute approximate surface area is 108 Å². The summed E-state index contributed by atoms with van der Waals surface area (Å²) in [6.45, 7) is 5.71. The maximum absolute atomic E-state index is 13.0. The van der Waals surface area contributed by atoms with Crippen LogP contribution in [0.4, 0.5) is 10.1 Å². The van der Waals surface area contributed by atoms with Gasteiger partial charge in [0.05, 0.1) is 10.6 Å². The van der Waals surface area contributed by atoms with Crippen LogP contribution in [0.5, 0.6) is 0 Å². The molecule has 1 aromatic rings. The number of hydrogen-bond donors (Lipinski definition) is 1. The van der Waals surface area contributed by atoms with Crippen molar-refractivity contribution in [1.82, 2.24) is 4.31 Å². The Bertz CT molecular complexity index is 529. The van der Waals surface area contributed by atoms with Gasteiger partial charge in [-0.25, -0.2) is 12.8 Å². The number of anilines is 1. The Morgan fingerprint density at radius 1 is 1.28 bits per heavy atom. The van der Waals surface area contributed by atoms with Crippen LogP contribution in [0, 0.1) is 11.7 Å². The third kappa shape index (κ3) is 2.81. The molecular formula is C12H19FN2O2S. The first kappa shape index (κ1) is 14.9. The fourth-order valence-electron chi connectivity index (χ4n) is 1.49. The van der Waals surface area contributed by atoms with E-state index in [-0.39, 0.29) is 22.5 Å². The van der Waals surface area contributed by atoms with Gasteiger partial charge in [0.25, 0.3) is 0 Å². The molecule has 0 aliphatic carbocycles. The molecule has 0 aromatic heterocycles. The van der Waals surface area contributed by atoms with E-state index in [1.165, 1.54) is 17.4 Å². The number of benzene rings is 1. The molecule has 0 heterocycles. The number of rotatable bonds is 4. The Kier molecular flexibility index (Phi) is 4.34. The van der Waals surface area contributed by atoms with E-state index in [1.54, 1.807) is 0 Å². The average Bonchev–Trinajstić information content (AvgIpc) is 2.30. The lowest BCUT2D eigenvalue weighted by molar-refractivity contribution is 0.316. The molecule has 1 atom stereocenters. The zero-order valence-corrected chi connectivity index (χ0v) is 11.8. The minimum atomic E-state index is -3.64. The molecule has 1 aromatic carbocycles. The van der Waals surface area contributed by atoms with Crippen molar-refractivity contribution in [3.05, 3.63) is 24.0 Å². The normalized spacial score (nSPS) is 14.2. The van der Waals surface area contributed by atoms with Gasteiger partial charge in [-0.15, -0.1) is 0 Å². The van der Waals surface area contributed by atoms with E-state index in [1.807, 2.05) is 20.8 Å². The number of nitrogen functional groups attached to an aromatic ring is 1. The van der Waals surface area contributed by atoms with E-state index in [9.17, 15) is 12.8 Å². The van der Waals surface area contributed by atoms with E-state index in [0.717, 1.165) is 12.1 Å². The lowest BCUT2D eigenvalue weighted by atomic mass is 10.1. The fraction of sp³-hybridized carbons (Fsp3) is 0.500. The standard InChI is InChI=1S/C12H19FN2O2S/c1-8(2)9(3)15(4)18(16,17)10-5-6-11(13)12(14)7-10/h5-9H,14H2,1-4H3. The van der Waals surface area contributed by atoms with E-state index < -0.39 is 15.8 Å². The zero-order chi connectivity index (χ0) is 14.1. The molecule has 1 rings (SSSR count). The molecule has 0 spiro atoms. The Morgan fingerprint density at radius 3 is 2.28 bits per heavy atom. The second-order valence-electron chi connectivity index (χ2n) is 4.69. The summed E-state index contributed by atoms with van der Waals surface area (Å²) in [5, 5.41) is 0. The summed E-state index contributed by atoms with van der Waals surface area (Å²) >= 11 is 0. The van der Waals surface area contributed by atoms with Crippen LogP contribution in [-0.4, -0.2) is 25.8 Å². The first-order valence-electron chi connectivity index (χ1n) is 5.71. The molecule has 102 valence electrons. The molecule has 6 heteroatoms. The number of sulfonamides is 1. The maximum atomic E-state index is 13.0. The number of nitrogens with two attached hydrogens (primary N) is 1. The largest absolute Gasteiger partial charge is 0.396 e. The highest BCUT2D eigenvalue weighted by Gasteiger charge is 2.27. The SMILES string of the molecule is CC(C)C(C)N(C)S(=O)(=O)c1ccc(F)c(N)c1. The third-order valence-electron chi connectivity index (χ3n) is 3.18. The Balaban J connectivity index is 3.17. The molecule has 0 saturated heterocycles. The van der Waals surface area contributed by atoms with Crippen molar-refractivity contribution in [3.8, 4) is 0 Å². The van der Waals surface area contributed by atoms with Crippen LogP contribution in [0.3, 0.4) is 0 Å². The van der Waals surface area contributed by atoms with Crippen molar-refractivity contribution in [2.75, 3.05) is 12.8 Å². The van der Waals surface area contributed by atoms with Gasteiger partial charge in [-0.2, -0.15) is 4.31 Å². The highest BCUT2D eigenvalue weighted by atomic mass is 32.2. The lowest BCUT2D eigenvalue weighted by Gasteiger charge is -2.27. The summed E-state index contributed by atoms with van der Waals surface area (Å²) in [6.07, 6.45) is 0. The molecule has 18 heavy (non-hydrogen) atoms. The minimum Gasteiger partial charge on any atom is -0.396 e. The summed E-state index contributed by atoms with van der Waals surface area (Å²) in [6, 6.07) is 3.29. The predicted molar refractivity (Wildman–Crippen MR) is 70.1 cm³/mol. The van der Waals surface area contributed by atoms with Crippen molar-refractivity contribution in [2.45, 2.75) is 31.7 Å². The van der Waals surface area contributed by atoms with Crippen LogP contribution >= 0.6 is 0 Å². The zero-order valence-electron chi connectivity index (χ0n) is 11.0. The van der Waals surface area contributed by atoms with Gasteiger partial charge in [-0.1, -0.05) is 13.8 Å². The van der Waals surface area contributed by atoms with Crippen LogP contribution in [0.2, 0.25) is 0 Å². The van der Waals surface area contributed by atoms with Crippen molar-refractivity contribution >= 4 is 15.7 Å². The summed E-state index contributed by atoms with van der Waals surface area (Å²) in [7, 11) is -2.12. The van der Waals surface area contributed by atoms with Gasteiger partial charge in [0.15, 0.2) is 0 Å². The van der Waals surface area contributed by atoms with Crippen molar-refractivity contribution < 1.29 is 12.8 Å². The Morgan fingerprint density at radius 2 is 1.83 bits per heavy atom. The van der Waals surface area contributed by atoms with Gasteiger partial charge in [-0.3, -0.25) is 0 Å². The molecule has 0 bridgehead atoms. The monoisotopic (exact) mass is 274 g/mol. The van der Waals surface area contributed by atoms with Crippen LogP contribution in [0.15, 0.2) is 23.1 Å². The predicted octanol–water partition coefficient (Wildman–Crippen LogP) is 2.07. The molecule has 2 N–H and O–H groups in total. The van der Waals surface area contributed by atoms with Crippen LogP contribution in [0.25, 0.3) is 0 Å². The van der Waals surface area contributed by atoms with E-state index in [0.29, 0.717) is 0 Å². The van der Waals surface area contributed by atoms with Gasteiger partial charge < -0.3 is 5.73 Å². The smallest absolute Gasteiger partial charge is 0.243 e. The van der Waals surface area contributed by atoms with Crippen LogP contribution < -0.4 is 5.73 Å². The Hall–Kier alpha value is -1.14. The first-order valence-corrected chi connectivity index (χ1v) is 7.15.